The molecule has 0 saturated heterocycles. The molecule has 130 valence electrons. The molecule has 0 saturated carbocycles. The van der Waals surface area contributed by atoms with E-state index in [0.29, 0.717) is 32.8 Å². The van der Waals surface area contributed by atoms with Gasteiger partial charge in [0.1, 0.15) is 11.3 Å². The van der Waals surface area contributed by atoms with E-state index in [0.717, 1.165) is 4.68 Å². The first-order valence-electron chi connectivity index (χ1n) is 7.73. The molecule has 7 nitrogen and oxygen atoms in total. The van der Waals surface area contributed by atoms with Crippen LogP contribution in [-0.2, 0) is 0 Å². The molecule has 2 N–H and O–H groups in total. The zero-order chi connectivity index (χ0) is 18.3. The van der Waals surface area contributed by atoms with Crippen molar-refractivity contribution >= 4 is 39.8 Å². The fourth-order valence-electron chi connectivity index (χ4n) is 2.83. The number of rotatable bonds is 3. The van der Waals surface area contributed by atoms with E-state index in [9.17, 15) is 9.59 Å². The van der Waals surface area contributed by atoms with Crippen molar-refractivity contribution in [2.45, 2.75) is 0 Å². The van der Waals surface area contributed by atoms with Crippen LogP contribution < -0.4 is 16.0 Å². The van der Waals surface area contributed by atoms with Crippen molar-refractivity contribution in [3.8, 4) is 5.75 Å². The third-order valence-corrected chi connectivity index (χ3v) is 4.40. The summed E-state index contributed by atoms with van der Waals surface area (Å²) in [7, 11) is 1.53. The van der Waals surface area contributed by atoms with Gasteiger partial charge < -0.3 is 14.7 Å². The number of nitrogens with zero attached hydrogens (tertiary/aromatic N) is 2. The monoisotopic (exact) mass is 368 g/mol. The average Bonchev–Trinajstić information content (AvgIpc) is 3.02. The quantitative estimate of drug-likeness (QED) is 0.544. The standard InChI is InChI=1S/C18H13ClN4O3/c1-26-13-8-4-7-12-14(13)15-16(21-12)17(24)23(18(25)22-15)20-9-10-5-2-3-6-11(10)19/h2-9,21H,1H3,(H,22,25)/b20-9+. The van der Waals surface area contributed by atoms with Crippen molar-refractivity contribution in [3.05, 3.63) is 73.9 Å². The Morgan fingerprint density at radius 1 is 1.08 bits per heavy atom. The Morgan fingerprint density at radius 2 is 1.88 bits per heavy atom. The van der Waals surface area contributed by atoms with Gasteiger partial charge in [-0.1, -0.05) is 35.9 Å². The molecule has 0 radical (unpaired) electrons. The molecular formula is C18H13ClN4O3. The summed E-state index contributed by atoms with van der Waals surface area (Å²) in [4.78, 5) is 30.9. The zero-order valence-electron chi connectivity index (χ0n) is 13.6. The molecule has 0 spiro atoms. The van der Waals surface area contributed by atoms with E-state index in [-0.39, 0.29) is 5.52 Å². The number of ether oxygens (including phenoxy) is 1. The molecular weight excluding hydrogens is 356 g/mol. The summed E-state index contributed by atoms with van der Waals surface area (Å²) in [6.45, 7) is 0. The number of hydrogen-bond acceptors (Lipinski definition) is 4. The van der Waals surface area contributed by atoms with E-state index >= 15 is 0 Å². The summed E-state index contributed by atoms with van der Waals surface area (Å²) in [5.74, 6) is 0.557. The Kier molecular flexibility index (Phi) is 3.85. The van der Waals surface area contributed by atoms with E-state index in [1.807, 2.05) is 0 Å². The third kappa shape index (κ3) is 2.49. The van der Waals surface area contributed by atoms with Gasteiger partial charge in [-0.25, -0.2) is 4.79 Å². The lowest BCUT2D eigenvalue weighted by atomic mass is 10.2. The second-order valence-corrected chi connectivity index (χ2v) is 5.98. The summed E-state index contributed by atoms with van der Waals surface area (Å²) >= 11 is 6.07. The topological polar surface area (TPSA) is 92.2 Å². The van der Waals surface area contributed by atoms with Gasteiger partial charge in [-0.15, -0.1) is 4.68 Å². The Bertz CT molecular complexity index is 1280. The highest BCUT2D eigenvalue weighted by molar-refractivity contribution is 6.33. The number of fused-ring (bicyclic) bond motifs is 3. The minimum Gasteiger partial charge on any atom is -0.496 e. The van der Waals surface area contributed by atoms with Crippen molar-refractivity contribution in [3.63, 3.8) is 0 Å². The third-order valence-electron chi connectivity index (χ3n) is 4.05. The van der Waals surface area contributed by atoms with Crippen LogP contribution in [0.15, 0.2) is 57.2 Å². The number of aromatic nitrogens is 3. The largest absolute Gasteiger partial charge is 0.496 e. The maximum absolute atomic E-state index is 12.7. The Labute approximate surface area is 151 Å². The van der Waals surface area contributed by atoms with Crippen LogP contribution >= 0.6 is 11.6 Å². The highest BCUT2D eigenvalue weighted by Gasteiger charge is 2.15. The molecule has 0 bridgehead atoms. The molecule has 0 aliphatic carbocycles. The molecule has 4 aromatic rings. The van der Waals surface area contributed by atoms with Crippen LogP contribution in [0.3, 0.4) is 0 Å². The van der Waals surface area contributed by atoms with Gasteiger partial charge in [0.2, 0.25) is 0 Å². The molecule has 0 atom stereocenters. The van der Waals surface area contributed by atoms with E-state index in [2.05, 4.69) is 15.1 Å². The number of halogens is 1. The molecule has 26 heavy (non-hydrogen) atoms. The fourth-order valence-corrected chi connectivity index (χ4v) is 3.02. The maximum Gasteiger partial charge on any atom is 0.350 e. The fraction of sp³-hybridized carbons (Fsp3) is 0.0556. The van der Waals surface area contributed by atoms with Crippen LogP contribution in [0.25, 0.3) is 21.9 Å². The molecule has 0 fully saturated rings. The van der Waals surface area contributed by atoms with Crippen molar-refractivity contribution in [2.24, 2.45) is 5.10 Å². The summed E-state index contributed by atoms with van der Waals surface area (Å²) in [5.41, 5.74) is 0.679. The highest BCUT2D eigenvalue weighted by Crippen LogP contribution is 2.29. The van der Waals surface area contributed by atoms with Gasteiger partial charge in [-0.05, 0) is 18.2 Å². The van der Waals surface area contributed by atoms with Crippen molar-refractivity contribution < 1.29 is 4.74 Å². The lowest BCUT2D eigenvalue weighted by Crippen LogP contribution is -2.32. The minimum atomic E-state index is -0.655. The average molecular weight is 369 g/mol. The first kappa shape index (κ1) is 16.2. The lowest BCUT2D eigenvalue weighted by Gasteiger charge is -2.02. The molecule has 0 aliphatic rings. The zero-order valence-corrected chi connectivity index (χ0v) is 14.4. The Hall–Kier alpha value is -3.32. The smallest absolute Gasteiger partial charge is 0.350 e. The van der Waals surface area contributed by atoms with Crippen LogP contribution in [0, 0.1) is 0 Å². The van der Waals surface area contributed by atoms with Crippen molar-refractivity contribution in [2.75, 3.05) is 7.11 Å². The van der Waals surface area contributed by atoms with Crippen molar-refractivity contribution in [1.29, 1.82) is 0 Å². The van der Waals surface area contributed by atoms with Gasteiger partial charge in [0.15, 0.2) is 0 Å². The number of nitrogens with one attached hydrogen (secondary N) is 2. The first-order valence-corrected chi connectivity index (χ1v) is 8.10. The second kappa shape index (κ2) is 6.20. The summed E-state index contributed by atoms with van der Waals surface area (Å²) in [6, 6.07) is 12.3. The van der Waals surface area contributed by atoms with Gasteiger partial charge in [0.25, 0.3) is 0 Å². The highest BCUT2D eigenvalue weighted by atomic mass is 35.5. The van der Waals surface area contributed by atoms with E-state index in [4.69, 9.17) is 16.3 Å². The summed E-state index contributed by atoms with van der Waals surface area (Å²) in [5, 5.41) is 5.11. The number of aromatic amines is 2. The normalized spacial score (nSPS) is 11.6. The molecule has 2 aromatic carbocycles. The second-order valence-electron chi connectivity index (χ2n) is 5.57. The molecule has 0 aliphatic heterocycles. The minimum absolute atomic E-state index is 0.236. The number of H-pyrrole nitrogens is 2. The van der Waals surface area contributed by atoms with Gasteiger partial charge >= 0.3 is 11.2 Å². The van der Waals surface area contributed by atoms with Crippen LogP contribution in [0.1, 0.15) is 5.56 Å². The van der Waals surface area contributed by atoms with Crippen molar-refractivity contribution in [1.82, 2.24) is 14.6 Å². The summed E-state index contributed by atoms with van der Waals surface area (Å²) < 4.78 is 6.08. The first-order chi connectivity index (χ1) is 12.6. The van der Waals surface area contributed by atoms with Gasteiger partial charge in [-0.3, -0.25) is 4.79 Å². The molecule has 0 amide bonds. The van der Waals surface area contributed by atoms with E-state index < -0.39 is 11.2 Å². The Morgan fingerprint density at radius 3 is 2.65 bits per heavy atom. The van der Waals surface area contributed by atoms with Gasteiger partial charge in [0.05, 0.1) is 29.7 Å². The van der Waals surface area contributed by atoms with Crippen LogP contribution in [0.5, 0.6) is 5.75 Å². The number of benzene rings is 2. The number of hydrogen-bond donors (Lipinski definition) is 2. The molecule has 0 unspecified atom stereocenters. The molecule has 2 heterocycles. The number of methoxy groups -OCH3 is 1. The lowest BCUT2D eigenvalue weighted by molar-refractivity contribution is 0.420. The predicted molar refractivity (Wildman–Crippen MR) is 102 cm³/mol. The SMILES string of the molecule is COc1cccc2[nH]c3c(=O)n(/N=C/c4ccccc4Cl)c(=O)[nH]c3c12. The Balaban J connectivity index is 1.96. The van der Waals surface area contributed by atoms with Gasteiger partial charge in [-0.2, -0.15) is 5.10 Å². The van der Waals surface area contributed by atoms with Crippen LogP contribution in [-0.4, -0.2) is 28.0 Å². The molecule has 4 rings (SSSR count). The molecule has 8 heteroatoms. The van der Waals surface area contributed by atoms with E-state index in [1.54, 1.807) is 42.5 Å². The summed E-state index contributed by atoms with van der Waals surface area (Å²) in [6.07, 6.45) is 1.37. The van der Waals surface area contributed by atoms with Crippen LogP contribution in [0.4, 0.5) is 0 Å². The van der Waals surface area contributed by atoms with Crippen LogP contribution in [0.2, 0.25) is 5.02 Å². The predicted octanol–water partition coefficient (Wildman–Crippen LogP) is 2.72. The van der Waals surface area contributed by atoms with Gasteiger partial charge in [0, 0.05) is 10.6 Å². The maximum atomic E-state index is 12.7. The van der Waals surface area contributed by atoms with E-state index in [1.165, 1.54) is 13.3 Å². The molecule has 2 aromatic heterocycles.